The summed E-state index contributed by atoms with van der Waals surface area (Å²) in [5.74, 6) is -0.593. The molecule has 28 heavy (non-hydrogen) atoms. The van der Waals surface area contributed by atoms with Gasteiger partial charge in [-0.2, -0.15) is 4.40 Å². The fraction of sp³-hybridized carbons (Fsp3) is 0.350. The quantitative estimate of drug-likeness (QED) is 0.340. The molecule has 8 heteroatoms. The van der Waals surface area contributed by atoms with Gasteiger partial charge >= 0.3 is 0 Å². The molecule has 150 valence electrons. The van der Waals surface area contributed by atoms with E-state index in [1.165, 1.54) is 31.4 Å². The summed E-state index contributed by atoms with van der Waals surface area (Å²) in [5, 5.41) is 21.9. The number of non-ortho nitro benzene ring substituents is 1. The lowest BCUT2D eigenvalue weighted by molar-refractivity contribution is -0.384. The standard InChI is InChI=1S/C20H24N2O5S/c1-20(2,3)28(26)21-19(27-4)17(14-8-6-5-7-9-14)18(23)15-10-12-16(13-11-15)22(24)25/h5-13,17-18,23H,1-4H3/b21-19-/t17-,18-,28?/m1/s1. The van der Waals surface area contributed by atoms with Crippen LogP contribution in [0, 0.1) is 10.1 Å². The van der Waals surface area contributed by atoms with Gasteiger partial charge in [0.25, 0.3) is 5.69 Å². The Morgan fingerprint density at radius 3 is 2.14 bits per heavy atom. The van der Waals surface area contributed by atoms with Gasteiger partial charge in [0, 0.05) is 12.1 Å². The van der Waals surface area contributed by atoms with E-state index >= 15 is 0 Å². The Morgan fingerprint density at radius 2 is 1.68 bits per heavy atom. The van der Waals surface area contributed by atoms with Crippen LogP contribution < -0.4 is 0 Å². The van der Waals surface area contributed by atoms with E-state index in [1.807, 2.05) is 30.3 Å². The van der Waals surface area contributed by atoms with Crippen LogP contribution >= 0.6 is 0 Å². The smallest absolute Gasteiger partial charge is 0.269 e. The normalized spacial score (nSPS) is 15.5. The highest BCUT2D eigenvalue weighted by molar-refractivity contribution is 7.85. The number of benzene rings is 2. The second kappa shape index (κ2) is 9.07. The van der Waals surface area contributed by atoms with Crippen molar-refractivity contribution in [1.29, 1.82) is 0 Å². The Kier molecular flexibility index (Phi) is 7.04. The highest BCUT2D eigenvalue weighted by Crippen LogP contribution is 2.34. The van der Waals surface area contributed by atoms with Crippen molar-refractivity contribution in [2.45, 2.75) is 37.5 Å². The van der Waals surface area contributed by atoms with E-state index in [9.17, 15) is 19.4 Å². The van der Waals surface area contributed by atoms with Crippen molar-refractivity contribution in [3.8, 4) is 0 Å². The van der Waals surface area contributed by atoms with Gasteiger partial charge in [-0.1, -0.05) is 30.3 Å². The largest absolute Gasteiger partial charge is 0.483 e. The number of nitro groups is 1. The fourth-order valence-corrected chi connectivity index (χ4v) is 3.17. The van der Waals surface area contributed by atoms with Crippen LogP contribution in [0.3, 0.4) is 0 Å². The van der Waals surface area contributed by atoms with E-state index in [1.54, 1.807) is 20.8 Å². The molecule has 0 aliphatic heterocycles. The van der Waals surface area contributed by atoms with Crippen molar-refractivity contribution in [3.63, 3.8) is 0 Å². The molecule has 1 N–H and O–H groups in total. The molecule has 2 rings (SSSR count). The summed E-state index contributed by atoms with van der Waals surface area (Å²) in [6.07, 6.45) is -1.10. The molecule has 0 aromatic heterocycles. The van der Waals surface area contributed by atoms with Crippen LogP contribution in [-0.4, -0.2) is 32.0 Å². The average Bonchev–Trinajstić information content (AvgIpc) is 2.67. The van der Waals surface area contributed by atoms with Gasteiger partial charge in [-0.05, 0) is 44.0 Å². The number of methoxy groups -OCH3 is 1. The van der Waals surface area contributed by atoms with E-state index in [0.29, 0.717) is 5.56 Å². The van der Waals surface area contributed by atoms with Crippen molar-refractivity contribution in [1.82, 2.24) is 0 Å². The van der Waals surface area contributed by atoms with Gasteiger partial charge in [-0.25, -0.2) is 4.21 Å². The lowest BCUT2D eigenvalue weighted by Crippen LogP contribution is -2.26. The first-order chi connectivity index (χ1) is 13.1. The number of rotatable bonds is 6. The Labute approximate surface area is 166 Å². The van der Waals surface area contributed by atoms with Gasteiger partial charge in [-0.15, -0.1) is 0 Å². The molecule has 0 amide bonds. The third-order valence-corrected chi connectivity index (χ3v) is 5.49. The first-order valence-electron chi connectivity index (χ1n) is 8.67. The van der Waals surface area contributed by atoms with Crippen molar-refractivity contribution >= 4 is 22.6 Å². The van der Waals surface area contributed by atoms with Gasteiger partial charge in [0.05, 0.1) is 28.8 Å². The predicted molar refractivity (Wildman–Crippen MR) is 110 cm³/mol. The second-order valence-electron chi connectivity index (χ2n) is 7.18. The third-order valence-electron chi connectivity index (χ3n) is 4.09. The lowest BCUT2D eigenvalue weighted by Gasteiger charge is -2.25. The van der Waals surface area contributed by atoms with Gasteiger partial charge in [-0.3, -0.25) is 10.1 Å². The predicted octanol–water partition coefficient (Wildman–Crippen LogP) is 3.92. The number of ether oxygens (including phenoxy) is 1. The third kappa shape index (κ3) is 5.24. The minimum atomic E-state index is -1.58. The van der Waals surface area contributed by atoms with Crippen molar-refractivity contribution < 1.29 is 19.0 Å². The summed E-state index contributed by atoms with van der Waals surface area (Å²) in [6.45, 7) is 5.39. The highest BCUT2D eigenvalue weighted by Gasteiger charge is 2.31. The summed E-state index contributed by atoms with van der Waals surface area (Å²) in [6, 6.07) is 14.8. The summed E-state index contributed by atoms with van der Waals surface area (Å²) < 4.78 is 21.6. The van der Waals surface area contributed by atoms with Crippen LogP contribution in [0.15, 0.2) is 59.0 Å². The van der Waals surface area contributed by atoms with Crippen molar-refractivity contribution in [3.05, 3.63) is 75.8 Å². The average molecular weight is 404 g/mol. The molecule has 0 saturated carbocycles. The Morgan fingerprint density at radius 1 is 1.11 bits per heavy atom. The number of aliphatic hydroxyl groups excluding tert-OH is 1. The number of aliphatic hydroxyl groups is 1. The molecule has 0 aliphatic carbocycles. The van der Waals surface area contributed by atoms with Gasteiger partial charge in [0.2, 0.25) is 5.90 Å². The summed E-state index contributed by atoms with van der Waals surface area (Å²) in [7, 11) is -0.168. The first-order valence-corrected chi connectivity index (χ1v) is 9.77. The van der Waals surface area contributed by atoms with E-state index < -0.39 is 32.7 Å². The molecule has 1 unspecified atom stereocenters. The molecule has 0 fully saturated rings. The minimum absolute atomic E-state index is 0.0679. The molecule has 2 aromatic rings. The van der Waals surface area contributed by atoms with Crippen LogP contribution in [0.25, 0.3) is 0 Å². The van der Waals surface area contributed by atoms with Crippen LogP contribution in [0.4, 0.5) is 5.69 Å². The molecular formula is C20H24N2O5S. The summed E-state index contributed by atoms with van der Waals surface area (Å²) in [4.78, 5) is 10.4. The second-order valence-corrected chi connectivity index (χ2v) is 9.08. The maximum Gasteiger partial charge on any atom is 0.269 e. The van der Waals surface area contributed by atoms with Gasteiger partial charge in [0.15, 0.2) is 0 Å². The molecule has 0 spiro atoms. The van der Waals surface area contributed by atoms with E-state index in [4.69, 9.17) is 4.74 Å². The molecule has 0 aliphatic rings. The number of hydrogen-bond donors (Lipinski definition) is 1. The van der Waals surface area contributed by atoms with Crippen LogP contribution in [0.1, 0.15) is 43.9 Å². The zero-order valence-electron chi connectivity index (χ0n) is 16.2. The van der Waals surface area contributed by atoms with E-state index in [0.717, 1.165) is 5.56 Å². The summed E-state index contributed by atoms with van der Waals surface area (Å²) in [5.41, 5.74) is 1.12. The molecule has 0 bridgehead atoms. The number of nitrogens with zero attached hydrogens (tertiary/aromatic N) is 2. The van der Waals surface area contributed by atoms with Crippen LogP contribution in [0.5, 0.6) is 0 Å². The highest BCUT2D eigenvalue weighted by atomic mass is 32.2. The maximum atomic E-state index is 12.5. The van der Waals surface area contributed by atoms with Gasteiger partial charge < -0.3 is 9.84 Å². The Balaban J connectivity index is 2.51. The molecule has 3 atom stereocenters. The maximum absolute atomic E-state index is 12.5. The van der Waals surface area contributed by atoms with E-state index in [2.05, 4.69) is 4.40 Å². The molecule has 2 aromatic carbocycles. The molecule has 7 nitrogen and oxygen atoms in total. The molecule has 0 heterocycles. The van der Waals surface area contributed by atoms with Crippen molar-refractivity contribution in [2.75, 3.05) is 7.11 Å². The van der Waals surface area contributed by atoms with Gasteiger partial charge in [0.1, 0.15) is 11.0 Å². The minimum Gasteiger partial charge on any atom is -0.483 e. The number of hydrogen-bond acceptors (Lipinski definition) is 5. The Bertz CT molecular complexity index is 860. The fourth-order valence-electron chi connectivity index (χ4n) is 2.55. The topological polar surface area (TPSA) is 102 Å². The lowest BCUT2D eigenvalue weighted by atomic mass is 9.89. The SMILES string of the molecule is CO/C(=N\S(=O)C(C)(C)C)[C@H](c1ccccc1)[C@H](O)c1ccc([N+](=O)[O-])cc1. The zero-order valence-corrected chi connectivity index (χ0v) is 17.1. The molecule has 0 radical (unpaired) electrons. The summed E-state index contributed by atoms with van der Waals surface area (Å²) >= 11 is 0. The number of nitro benzene ring substituents is 1. The van der Waals surface area contributed by atoms with E-state index in [-0.39, 0.29) is 11.6 Å². The molecule has 0 saturated heterocycles. The Hall–Kier alpha value is -2.58. The van der Waals surface area contributed by atoms with Crippen LogP contribution in [0.2, 0.25) is 0 Å². The van der Waals surface area contributed by atoms with Crippen LogP contribution in [-0.2, 0) is 15.7 Å². The van der Waals surface area contributed by atoms with Crippen molar-refractivity contribution in [2.24, 2.45) is 4.40 Å². The molecular weight excluding hydrogens is 380 g/mol. The monoisotopic (exact) mass is 404 g/mol. The first kappa shape index (κ1) is 21.7. The zero-order chi connectivity index (χ0) is 20.9.